The predicted molar refractivity (Wildman–Crippen MR) is 125 cm³/mol. The smallest absolute Gasteiger partial charge is 0.321 e. The van der Waals surface area contributed by atoms with Crippen molar-refractivity contribution in [2.45, 2.75) is 37.6 Å². The number of hydrogen-bond donors (Lipinski definition) is 1. The van der Waals surface area contributed by atoms with E-state index < -0.39 is 21.9 Å². The molecule has 1 aliphatic rings. The van der Waals surface area contributed by atoms with Gasteiger partial charge in [-0.2, -0.15) is 4.31 Å². The van der Waals surface area contributed by atoms with Crippen molar-refractivity contribution >= 4 is 39.3 Å². The van der Waals surface area contributed by atoms with E-state index in [-0.39, 0.29) is 35.2 Å². The lowest BCUT2D eigenvalue weighted by atomic mass is 9.98. The van der Waals surface area contributed by atoms with Crippen molar-refractivity contribution in [2.75, 3.05) is 25.0 Å². The molecule has 2 aromatic rings. The summed E-state index contributed by atoms with van der Waals surface area (Å²) in [6.45, 7) is 4.12. The van der Waals surface area contributed by atoms with Crippen molar-refractivity contribution < 1.29 is 22.7 Å². The van der Waals surface area contributed by atoms with E-state index in [9.17, 15) is 18.0 Å². The van der Waals surface area contributed by atoms with Crippen molar-refractivity contribution in [3.05, 3.63) is 47.7 Å². The average Bonchev–Trinajstić information content (AvgIpc) is 2.79. The Bertz CT molecular complexity index is 1100. The molecule has 3 rings (SSSR count). The van der Waals surface area contributed by atoms with Crippen molar-refractivity contribution in [1.29, 1.82) is 0 Å². The molecule has 0 bridgehead atoms. The summed E-state index contributed by atoms with van der Waals surface area (Å²) in [5.74, 6) is -0.469. The van der Waals surface area contributed by atoms with Gasteiger partial charge in [-0.1, -0.05) is 11.6 Å². The van der Waals surface area contributed by atoms with E-state index in [1.54, 1.807) is 31.3 Å². The zero-order valence-electron chi connectivity index (χ0n) is 18.7. The van der Waals surface area contributed by atoms with Crippen LogP contribution in [0.15, 0.2) is 47.5 Å². The molecule has 0 aliphatic carbocycles. The number of sulfonamides is 1. The van der Waals surface area contributed by atoms with Crippen molar-refractivity contribution in [2.24, 2.45) is 5.92 Å². The fraction of sp³-hybridized carbons (Fsp3) is 0.409. The molecule has 1 fully saturated rings. The van der Waals surface area contributed by atoms with E-state index in [4.69, 9.17) is 16.3 Å². The third-order valence-corrected chi connectivity index (χ3v) is 7.63. The number of benzene rings is 1. The highest BCUT2D eigenvalue weighted by Gasteiger charge is 2.34. The van der Waals surface area contributed by atoms with Crippen LogP contribution >= 0.6 is 11.6 Å². The zero-order chi connectivity index (χ0) is 24.2. The first kappa shape index (κ1) is 24.9. The number of esters is 1. The van der Waals surface area contributed by atoms with E-state index in [0.717, 1.165) is 0 Å². The number of rotatable bonds is 6. The fourth-order valence-electron chi connectivity index (χ4n) is 3.43. The van der Waals surface area contributed by atoms with Crippen LogP contribution in [0.5, 0.6) is 5.75 Å². The number of urea groups is 1. The lowest BCUT2D eigenvalue weighted by Gasteiger charge is -2.30. The summed E-state index contributed by atoms with van der Waals surface area (Å²) in [5, 5.41) is 2.73. The molecule has 1 aromatic heterocycles. The SMILES string of the molecule is CC(C)NC(=O)N(C)c1ccc(OC(=O)C2CCN(S(=O)(=O)c3cccnc3Cl)CC2)cc1. The molecule has 1 aromatic carbocycles. The fourth-order valence-corrected chi connectivity index (χ4v) is 5.33. The Hall–Kier alpha value is -2.69. The molecular weight excluding hydrogens is 468 g/mol. The van der Waals surface area contributed by atoms with E-state index in [0.29, 0.717) is 24.3 Å². The van der Waals surface area contributed by atoms with Crippen molar-refractivity contribution in [1.82, 2.24) is 14.6 Å². The normalized spacial score (nSPS) is 15.3. The maximum absolute atomic E-state index is 12.8. The molecule has 33 heavy (non-hydrogen) atoms. The molecule has 11 heteroatoms. The second-order valence-electron chi connectivity index (χ2n) is 8.05. The highest BCUT2D eigenvalue weighted by Crippen LogP contribution is 2.28. The third kappa shape index (κ3) is 6.01. The zero-order valence-corrected chi connectivity index (χ0v) is 20.3. The number of ether oxygens (including phenoxy) is 1. The number of hydrogen-bond acceptors (Lipinski definition) is 6. The minimum Gasteiger partial charge on any atom is -0.426 e. The van der Waals surface area contributed by atoms with Gasteiger partial charge in [-0.15, -0.1) is 0 Å². The highest BCUT2D eigenvalue weighted by molar-refractivity contribution is 7.89. The van der Waals surface area contributed by atoms with Gasteiger partial charge >= 0.3 is 12.0 Å². The van der Waals surface area contributed by atoms with Gasteiger partial charge in [-0.05, 0) is 63.1 Å². The molecule has 2 amide bonds. The molecule has 0 radical (unpaired) electrons. The highest BCUT2D eigenvalue weighted by atomic mass is 35.5. The minimum atomic E-state index is -3.78. The predicted octanol–water partition coefficient (Wildman–Crippen LogP) is 3.30. The molecule has 0 atom stereocenters. The first-order valence-corrected chi connectivity index (χ1v) is 12.4. The number of piperidine rings is 1. The summed E-state index contributed by atoms with van der Waals surface area (Å²) < 4.78 is 32.4. The minimum absolute atomic E-state index is 0.0166. The molecule has 1 N–H and O–H groups in total. The molecule has 0 spiro atoms. The Labute approximate surface area is 198 Å². The van der Waals surface area contributed by atoms with Crippen LogP contribution in [0.2, 0.25) is 5.15 Å². The van der Waals surface area contributed by atoms with Gasteiger partial charge in [-0.3, -0.25) is 9.69 Å². The molecule has 2 heterocycles. The lowest BCUT2D eigenvalue weighted by molar-refractivity contribution is -0.140. The summed E-state index contributed by atoms with van der Waals surface area (Å²) >= 11 is 5.95. The van der Waals surface area contributed by atoms with Gasteiger partial charge in [0.1, 0.15) is 15.8 Å². The number of aromatic nitrogens is 1. The van der Waals surface area contributed by atoms with E-state index in [1.165, 1.54) is 27.5 Å². The monoisotopic (exact) mass is 494 g/mol. The molecule has 1 aliphatic heterocycles. The van der Waals surface area contributed by atoms with Crippen LogP contribution in [0.3, 0.4) is 0 Å². The van der Waals surface area contributed by atoms with Crippen LogP contribution in [-0.2, 0) is 14.8 Å². The van der Waals surface area contributed by atoms with Gasteiger partial charge in [0.2, 0.25) is 10.0 Å². The Balaban J connectivity index is 1.56. The number of nitrogens with zero attached hydrogens (tertiary/aromatic N) is 3. The van der Waals surface area contributed by atoms with Gasteiger partial charge in [0.15, 0.2) is 0 Å². The standard InChI is InChI=1S/C22H27ClN4O5S/c1-15(2)25-22(29)26(3)17-6-8-18(9-7-17)32-21(28)16-10-13-27(14-11-16)33(30,31)19-5-4-12-24-20(19)23/h4-9,12,15-16H,10-11,13-14H2,1-3H3,(H,25,29). The topological polar surface area (TPSA) is 109 Å². The molecule has 178 valence electrons. The Kier molecular flexibility index (Phi) is 7.93. The molecular formula is C22H27ClN4O5S. The van der Waals surface area contributed by atoms with Gasteiger partial charge in [0.25, 0.3) is 0 Å². The van der Waals surface area contributed by atoms with Gasteiger partial charge in [-0.25, -0.2) is 18.2 Å². The van der Waals surface area contributed by atoms with E-state index in [2.05, 4.69) is 10.3 Å². The third-order valence-electron chi connectivity index (χ3n) is 5.29. The lowest BCUT2D eigenvalue weighted by Crippen LogP contribution is -2.41. The maximum Gasteiger partial charge on any atom is 0.321 e. The van der Waals surface area contributed by atoms with E-state index in [1.807, 2.05) is 13.8 Å². The molecule has 0 saturated carbocycles. The van der Waals surface area contributed by atoms with Crippen LogP contribution in [-0.4, -0.2) is 55.9 Å². The van der Waals surface area contributed by atoms with E-state index >= 15 is 0 Å². The Morgan fingerprint density at radius 3 is 2.39 bits per heavy atom. The number of pyridine rings is 1. The number of amides is 2. The quantitative estimate of drug-likeness (QED) is 0.375. The van der Waals surface area contributed by atoms with Crippen molar-refractivity contribution in [3.63, 3.8) is 0 Å². The first-order valence-electron chi connectivity index (χ1n) is 10.6. The summed E-state index contributed by atoms with van der Waals surface area (Å²) in [7, 11) is -2.13. The van der Waals surface area contributed by atoms with Crippen LogP contribution < -0.4 is 15.0 Å². The largest absolute Gasteiger partial charge is 0.426 e. The number of halogens is 1. The summed E-state index contributed by atoms with van der Waals surface area (Å²) in [6.07, 6.45) is 2.10. The van der Waals surface area contributed by atoms with Gasteiger partial charge in [0.05, 0.1) is 5.92 Å². The summed E-state index contributed by atoms with van der Waals surface area (Å²) in [4.78, 5) is 30.0. The van der Waals surface area contributed by atoms with Crippen LogP contribution in [0.1, 0.15) is 26.7 Å². The summed E-state index contributed by atoms with van der Waals surface area (Å²) in [5.41, 5.74) is 0.653. The Morgan fingerprint density at radius 2 is 1.82 bits per heavy atom. The Morgan fingerprint density at radius 1 is 1.18 bits per heavy atom. The first-order chi connectivity index (χ1) is 15.6. The molecule has 1 saturated heterocycles. The second kappa shape index (κ2) is 10.5. The number of carbonyl (C=O) groups excluding carboxylic acids is 2. The molecule has 0 unspecified atom stereocenters. The number of nitrogens with one attached hydrogen (secondary N) is 1. The van der Waals surface area contributed by atoms with Crippen LogP contribution in [0.25, 0.3) is 0 Å². The van der Waals surface area contributed by atoms with Crippen LogP contribution in [0, 0.1) is 5.92 Å². The average molecular weight is 495 g/mol. The maximum atomic E-state index is 12.8. The molecule has 9 nitrogen and oxygen atoms in total. The second-order valence-corrected chi connectivity index (χ2v) is 10.3. The number of carbonyl (C=O) groups is 2. The summed E-state index contributed by atoms with van der Waals surface area (Å²) in [6, 6.07) is 9.34. The van der Waals surface area contributed by atoms with Gasteiger partial charge < -0.3 is 10.1 Å². The van der Waals surface area contributed by atoms with Crippen LogP contribution in [0.4, 0.5) is 10.5 Å². The van der Waals surface area contributed by atoms with Gasteiger partial charge in [0, 0.05) is 38.1 Å². The number of anilines is 1. The van der Waals surface area contributed by atoms with Crippen molar-refractivity contribution in [3.8, 4) is 5.75 Å².